The molecule has 1 aromatic carbocycles. The van der Waals surface area contributed by atoms with Crippen LogP contribution in [-0.2, 0) is 6.54 Å². The molecule has 0 radical (unpaired) electrons. The second-order valence-corrected chi connectivity index (χ2v) is 4.36. The van der Waals surface area contributed by atoms with E-state index in [-0.39, 0.29) is 0 Å². The van der Waals surface area contributed by atoms with Crippen molar-refractivity contribution in [3.8, 4) is 5.75 Å². The summed E-state index contributed by atoms with van der Waals surface area (Å²) < 4.78 is 6.00. The summed E-state index contributed by atoms with van der Waals surface area (Å²) in [6.45, 7) is 0.723. The van der Waals surface area contributed by atoms with Gasteiger partial charge in [-0.05, 0) is 45.8 Å². The third-order valence-corrected chi connectivity index (χ3v) is 2.76. The summed E-state index contributed by atoms with van der Waals surface area (Å²) in [4.78, 5) is 4.31. The molecule has 4 heteroatoms. The maximum Gasteiger partial charge on any atom is 0.127 e. The highest BCUT2D eigenvalue weighted by Crippen LogP contribution is 2.15. The average Bonchev–Trinajstić information content (AvgIpc) is 2.37. The quantitative estimate of drug-likeness (QED) is 0.877. The van der Waals surface area contributed by atoms with Gasteiger partial charge in [0.25, 0.3) is 0 Å². The van der Waals surface area contributed by atoms with E-state index < -0.39 is 0 Å². The Morgan fingerprint density at radius 3 is 2.82 bits per heavy atom. The van der Waals surface area contributed by atoms with Crippen molar-refractivity contribution in [3.63, 3.8) is 0 Å². The number of rotatable bonds is 4. The average molecular weight is 293 g/mol. The Morgan fingerprint density at radius 2 is 2.06 bits per heavy atom. The molecule has 0 fully saturated rings. The van der Waals surface area contributed by atoms with E-state index in [4.69, 9.17) is 4.74 Å². The summed E-state index contributed by atoms with van der Waals surface area (Å²) in [6.07, 6.45) is 0. The first-order chi connectivity index (χ1) is 8.28. The number of nitrogens with zero attached hydrogens (tertiary/aromatic N) is 1. The molecule has 0 unspecified atom stereocenters. The number of pyridine rings is 1. The van der Waals surface area contributed by atoms with E-state index in [2.05, 4.69) is 26.2 Å². The second-order valence-electron chi connectivity index (χ2n) is 3.55. The zero-order valence-electron chi connectivity index (χ0n) is 9.48. The van der Waals surface area contributed by atoms with Gasteiger partial charge in [-0.3, -0.25) is 0 Å². The predicted molar refractivity (Wildman–Crippen MR) is 72.3 cm³/mol. The SMILES string of the molecule is COc1cccc(CNc2cccc(Br)n2)c1. The number of methoxy groups -OCH3 is 1. The first-order valence-electron chi connectivity index (χ1n) is 5.27. The molecule has 0 aliphatic carbocycles. The van der Waals surface area contributed by atoms with Gasteiger partial charge in [0.2, 0.25) is 0 Å². The van der Waals surface area contributed by atoms with Crippen LogP contribution < -0.4 is 10.1 Å². The van der Waals surface area contributed by atoms with Crippen molar-refractivity contribution < 1.29 is 4.74 Å². The topological polar surface area (TPSA) is 34.1 Å². The van der Waals surface area contributed by atoms with E-state index in [9.17, 15) is 0 Å². The Labute approximate surface area is 109 Å². The van der Waals surface area contributed by atoms with Crippen LogP contribution in [0.2, 0.25) is 0 Å². The summed E-state index contributed by atoms with van der Waals surface area (Å²) in [5.74, 6) is 1.72. The number of hydrogen-bond acceptors (Lipinski definition) is 3. The van der Waals surface area contributed by atoms with Gasteiger partial charge in [-0.15, -0.1) is 0 Å². The summed E-state index contributed by atoms with van der Waals surface area (Å²) in [7, 11) is 1.67. The molecule has 2 rings (SSSR count). The van der Waals surface area contributed by atoms with Crippen molar-refractivity contribution >= 4 is 21.7 Å². The fourth-order valence-corrected chi connectivity index (χ4v) is 1.83. The lowest BCUT2D eigenvalue weighted by atomic mass is 10.2. The lowest BCUT2D eigenvalue weighted by molar-refractivity contribution is 0.414. The van der Waals surface area contributed by atoms with Gasteiger partial charge in [-0.25, -0.2) is 4.98 Å². The van der Waals surface area contributed by atoms with E-state index in [1.807, 2.05) is 42.5 Å². The van der Waals surface area contributed by atoms with Gasteiger partial charge in [0, 0.05) is 6.54 Å². The highest BCUT2D eigenvalue weighted by Gasteiger charge is 1.97. The largest absolute Gasteiger partial charge is 0.497 e. The normalized spacial score (nSPS) is 10.0. The van der Waals surface area contributed by atoms with E-state index in [0.717, 1.165) is 28.3 Å². The number of anilines is 1. The maximum absolute atomic E-state index is 5.18. The molecule has 0 aliphatic heterocycles. The van der Waals surface area contributed by atoms with Gasteiger partial charge in [0.05, 0.1) is 7.11 Å². The molecule has 88 valence electrons. The molecule has 0 aliphatic rings. The minimum absolute atomic E-state index is 0.723. The molecule has 0 spiro atoms. The van der Waals surface area contributed by atoms with Crippen LogP contribution in [0.15, 0.2) is 47.1 Å². The fraction of sp³-hybridized carbons (Fsp3) is 0.154. The van der Waals surface area contributed by atoms with E-state index in [1.165, 1.54) is 0 Å². The second kappa shape index (κ2) is 5.68. The molecule has 0 saturated heterocycles. The molecular formula is C13H13BrN2O. The lowest BCUT2D eigenvalue weighted by Gasteiger charge is -2.07. The molecule has 0 amide bonds. The van der Waals surface area contributed by atoms with Crippen molar-refractivity contribution in [3.05, 3.63) is 52.6 Å². The smallest absolute Gasteiger partial charge is 0.127 e. The van der Waals surface area contributed by atoms with Crippen molar-refractivity contribution in [2.45, 2.75) is 6.54 Å². The molecule has 0 atom stereocenters. The highest BCUT2D eigenvalue weighted by atomic mass is 79.9. The fourth-order valence-electron chi connectivity index (χ4n) is 1.48. The molecule has 1 heterocycles. The van der Waals surface area contributed by atoms with Gasteiger partial charge in [-0.1, -0.05) is 18.2 Å². The first-order valence-corrected chi connectivity index (χ1v) is 6.06. The van der Waals surface area contributed by atoms with Crippen LogP contribution in [0.3, 0.4) is 0 Å². The van der Waals surface area contributed by atoms with E-state index in [0.29, 0.717) is 0 Å². The Hall–Kier alpha value is -1.55. The van der Waals surface area contributed by atoms with Crippen LogP contribution in [-0.4, -0.2) is 12.1 Å². The standard InChI is InChI=1S/C13H13BrN2O/c1-17-11-5-2-4-10(8-11)9-15-13-7-3-6-12(14)16-13/h2-8H,9H2,1H3,(H,15,16). The number of hydrogen-bond donors (Lipinski definition) is 1. The van der Waals surface area contributed by atoms with Gasteiger partial charge in [-0.2, -0.15) is 0 Å². The summed E-state index contributed by atoms with van der Waals surface area (Å²) >= 11 is 3.34. The molecule has 3 nitrogen and oxygen atoms in total. The van der Waals surface area contributed by atoms with Crippen molar-refractivity contribution in [1.82, 2.24) is 4.98 Å². The number of aromatic nitrogens is 1. The minimum Gasteiger partial charge on any atom is -0.497 e. The number of benzene rings is 1. The molecule has 2 aromatic rings. The first kappa shape index (κ1) is 11.9. The third-order valence-electron chi connectivity index (χ3n) is 2.32. The number of halogens is 1. The number of nitrogens with one attached hydrogen (secondary N) is 1. The van der Waals surface area contributed by atoms with Crippen molar-refractivity contribution in [1.29, 1.82) is 0 Å². The van der Waals surface area contributed by atoms with Crippen LogP contribution in [0.4, 0.5) is 5.82 Å². The van der Waals surface area contributed by atoms with Crippen molar-refractivity contribution in [2.24, 2.45) is 0 Å². The molecular weight excluding hydrogens is 280 g/mol. The summed E-state index contributed by atoms with van der Waals surface area (Å²) in [6, 6.07) is 13.7. The van der Waals surface area contributed by atoms with E-state index >= 15 is 0 Å². The van der Waals surface area contributed by atoms with Crippen LogP contribution >= 0.6 is 15.9 Å². The van der Waals surface area contributed by atoms with Crippen LogP contribution in [0, 0.1) is 0 Å². The Kier molecular flexibility index (Phi) is 3.98. The van der Waals surface area contributed by atoms with Crippen molar-refractivity contribution in [2.75, 3.05) is 12.4 Å². The van der Waals surface area contributed by atoms with Gasteiger partial charge < -0.3 is 10.1 Å². The highest BCUT2D eigenvalue weighted by molar-refractivity contribution is 9.10. The zero-order valence-corrected chi connectivity index (χ0v) is 11.1. The van der Waals surface area contributed by atoms with Crippen LogP contribution in [0.1, 0.15) is 5.56 Å². The van der Waals surface area contributed by atoms with Gasteiger partial charge in [0.1, 0.15) is 16.2 Å². The number of ether oxygens (including phenoxy) is 1. The molecule has 0 bridgehead atoms. The molecule has 17 heavy (non-hydrogen) atoms. The Balaban J connectivity index is 2.02. The molecule has 1 aromatic heterocycles. The van der Waals surface area contributed by atoms with Gasteiger partial charge in [0.15, 0.2) is 0 Å². The van der Waals surface area contributed by atoms with Gasteiger partial charge >= 0.3 is 0 Å². The maximum atomic E-state index is 5.18. The monoisotopic (exact) mass is 292 g/mol. The summed E-state index contributed by atoms with van der Waals surface area (Å²) in [5, 5.41) is 3.26. The van der Waals surface area contributed by atoms with E-state index in [1.54, 1.807) is 7.11 Å². The van der Waals surface area contributed by atoms with Crippen LogP contribution in [0.25, 0.3) is 0 Å². The zero-order chi connectivity index (χ0) is 12.1. The lowest BCUT2D eigenvalue weighted by Crippen LogP contribution is -2.01. The Bertz CT molecular complexity index is 502. The van der Waals surface area contributed by atoms with Crippen LogP contribution in [0.5, 0.6) is 5.75 Å². The molecule has 1 N–H and O–H groups in total. The minimum atomic E-state index is 0.723. The third kappa shape index (κ3) is 3.46. The predicted octanol–water partition coefficient (Wildman–Crippen LogP) is 3.46. The molecule has 0 saturated carbocycles. The Morgan fingerprint density at radius 1 is 1.24 bits per heavy atom. The summed E-state index contributed by atoms with van der Waals surface area (Å²) in [5.41, 5.74) is 1.16.